The van der Waals surface area contributed by atoms with E-state index >= 15 is 0 Å². The highest BCUT2D eigenvalue weighted by atomic mass is 35.5. The molecule has 0 atom stereocenters. The van der Waals surface area contributed by atoms with E-state index in [0.29, 0.717) is 5.02 Å². The van der Waals surface area contributed by atoms with Crippen LogP contribution in [0.25, 0.3) is 11.1 Å². The van der Waals surface area contributed by atoms with Crippen LogP contribution in [0, 0.1) is 0 Å². The van der Waals surface area contributed by atoms with Gasteiger partial charge in [0, 0.05) is 29.8 Å². The van der Waals surface area contributed by atoms with Gasteiger partial charge >= 0.3 is 0 Å². The van der Waals surface area contributed by atoms with Crippen LogP contribution in [0.3, 0.4) is 0 Å². The van der Waals surface area contributed by atoms with Crippen LogP contribution in [0.15, 0.2) is 48.7 Å². The van der Waals surface area contributed by atoms with Crippen molar-refractivity contribution in [3.63, 3.8) is 0 Å². The summed E-state index contributed by atoms with van der Waals surface area (Å²) in [5.74, 6) is 0. The van der Waals surface area contributed by atoms with Crippen molar-refractivity contribution in [1.29, 1.82) is 0 Å². The molecule has 1 nitrogen and oxygen atoms in total. The van der Waals surface area contributed by atoms with E-state index in [9.17, 15) is 8.78 Å². The zero-order chi connectivity index (χ0) is 15.7. The Morgan fingerprint density at radius 1 is 1.23 bits per heavy atom. The summed E-state index contributed by atoms with van der Waals surface area (Å²) in [5, 5.41) is 3.79. The molecule has 0 amide bonds. The van der Waals surface area contributed by atoms with E-state index in [0.717, 1.165) is 34.5 Å². The van der Waals surface area contributed by atoms with E-state index in [1.54, 1.807) is 0 Å². The molecule has 22 heavy (non-hydrogen) atoms. The number of alkyl halides is 2. The van der Waals surface area contributed by atoms with Crippen LogP contribution >= 0.6 is 11.6 Å². The molecular weight excluding hydrogens is 304 g/mol. The summed E-state index contributed by atoms with van der Waals surface area (Å²) < 4.78 is 24.8. The van der Waals surface area contributed by atoms with Gasteiger partial charge in [-0.15, -0.1) is 0 Å². The molecule has 2 aromatic carbocycles. The summed E-state index contributed by atoms with van der Waals surface area (Å²) in [4.78, 5) is 0. The molecule has 0 saturated carbocycles. The molecule has 0 radical (unpaired) electrons. The minimum atomic E-state index is -2.31. The second-order valence-electron chi connectivity index (χ2n) is 5.49. The minimum Gasteiger partial charge on any atom is -0.359 e. The van der Waals surface area contributed by atoms with Gasteiger partial charge in [0.2, 0.25) is 6.43 Å². The van der Waals surface area contributed by atoms with Crippen LogP contribution in [-0.2, 0) is 12.8 Å². The highest BCUT2D eigenvalue weighted by molar-refractivity contribution is 6.34. The van der Waals surface area contributed by atoms with Crippen LogP contribution in [0.1, 0.15) is 17.5 Å². The first kappa shape index (κ1) is 15.0. The van der Waals surface area contributed by atoms with Gasteiger partial charge < -0.3 is 5.32 Å². The molecule has 1 N–H and O–H groups in total. The van der Waals surface area contributed by atoms with Crippen molar-refractivity contribution in [3.05, 3.63) is 64.8 Å². The lowest BCUT2D eigenvalue weighted by molar-refractivity contribution is 0.138. The molecule has 0 fully saturated rings. The average molecular weight is 320 g/mol. The van der Waals surface area contributed by atoms with Gasteiger partial charge in [0.15, 0.2) is 0 Å². The normalized spacial score (nSPS) is 13.4. The van der Waals surface area contributed by atoms with E-state index < -0.39 is 6.43 Å². The number of benzene rings is 2. The summed E-state index contributed by atoms with van der Waals surface area (Å²) in [6.07, 6.45) is -1.40. The van der Waals surface area contributed by atoms with E-state index in [1.807, 2.05) is 30.3 Å². The molecule has 0 bridgehead atoms. The molecule has 0 unspecified atom stereocenters. The first-order valence-corrected chi connectivity index (χ1v) is 7.56. The topological polar surface area (TPSA) is 12.0 Å². The van der Waals surface area contributed by atoms with Crippen molar-refractivity contribution < 1.29 is 8.78 Å². The van der Waals surface area contributed by atoms with Crippen LogP contribution in [0.2, 0.25) is 5.02 Å². The molecule has 0 saturated heterocycles. The number of halogens is 3. The third-order valence-corrected chi connectivity index (χ3v) is 4.29. The summed E-state index contributed by atoms with van der Waals surface area (Å²) in [7, 11) is 0. The number of rotatable bonds is 4. The lowest BCUT2D eigenvalue weighted by atomic mass is 9.98. The van der Waals surface area contributed by atoms with Gasteiger partial charge in [0.25, 0.3) is 0 Å². The highest BCUT2D eigenvalue weighted by Crippen LogP contribution is 2.36. The van der Waals surface area contributed by atoms with Gasteiger partial charge in [-0.3, -0.25) is 0 Å². The number of anilines is 1. The van der Waals surface area contributed by atoms with E-state index in [1.165, 1.54) is 5.56 Å². The zero-order valence-corrected chi connectivity index (χ0v) is 12.8. The van der Waals surface area contributed by atoms with Crippen molar-refractivity contribution in [2.24, 2.45) is 0 Å². The molecule has 114 valence electrons. The number of hydrogen-bond donors (Lipinski definition) is 1. The Hall–Kier alpha value is -1.87. The average Bonchev–Trinajstić information content (AvgIpc) is 2.85. The van der Waals surface area contributed by atoms with Crippen LogP contribution in [0.5, 0.6) is 0 Å². The van der Waals surface area contributed by atoms with Crippen molar-refractivity contribution in [2.45, 2.75) is 25.7 Å². The lowest BCUT2D eigenvalue weighted by Crippen LogP contribution is -1.96. The van der Waals surface area contributed by atoms with Crippen LogP contribution in [0.4, 0.5) is 14.5 Å². The lowest BCUT2D eigenvalue weighted by Gasteiger charge is -2.11. The first-order valence-electron chi connectivity index (χ1n) is 7.18. The van der Waals surface area contributed by atoms with Gasteiger partial charge in [-0.25, -0.2) is 8.78 Å². The number of fused-ring (bicyclic) bond motifs is 1. The van der Waals surface area contributed by atoms with Gasteiger partial charge in [-0.05, 0) is 35.2 Å². The van der Waals surface area contributed by atoms with Gasteiger partial charge in [0.1, 0.15) is 0 Å². The number of aryl methyl sites for hydroxylation is 1. The fourth-order valence-corrected chi connectivity index (χ4v) is 3.08. The molecule has 4 heteroatoms. The van der Waals surface area contributed by atoms with Crippen molar-refractivity contribution in [1.82, 2.24) is 0 Å². The Kier molecular flexibility index (Phi) is 4.16. The molecule has 3 rings (SSSR count). The zero-order valence-electron chi connectivity index (χ0n) is 12.0. The van der Waals surface area contributed by atoms with Gasteiger partial charge in [0.05, 0.1) is 5.02 Å². The summed E-state index contributed by atoms with van der Waals surface area (Å²) in [6.45, 7) is 3.94. The van der Waals surface area contributed by atoms with Gasteiger partial charge in [-0.2, -0.15) is 0 Å². The van der Waals surface area contributed by atoms with Crippen molar-refractivity contribution in [3.8, 4) is 11.1 Å². The SMILES string of the molecule is C=C1Cc2cc(-c3cccc(CCC(F)F)c3Cl)ccc2N1. The molecule has 0 aromatic heterocycles. The standard InChI is InChI=1S/C18H16ClF2N/c1-11-9-14-10-13(5-7-16(14)22-11)15-4-2-3-12(18(15)19)6-8-17(20)21/h2-5,7,10,17,22H,1,6,8-9H2. The second-order valence-corrected chi connectivity index (χ2v) is 5.86. The first-order chi connectivity index (χ1) is 10.5. The largest absolute Gasteiger partial charge is 0.359 e. The third kappa shape index (κ3) is 3.00. The molecule has 1 aliphatic heterocycles. The van der Waals surface area contributed by atoms with E-state index in [2.05, 4.69) is 18.0 Å². The maximum atomic E-state index is 12.4. The molecule has 1 aliphatic rings. The molecule has 1 heterocycles. The monoisotopic (exact) mass is 319 g/mol. The maximum absolute atomic E-state index is 12.4. The fourth-order valence-electron chi connectivity index (χ4n) is 2.75. The Bertz CT molecular complexity index is 725. The quantitative estimate of drug-likeness (QED) is 0.763. The fraction of sp³-hybridized carbons (Fsp3) is 0.222. The Morgan fingerprint density at radius 3 is 2.82 bits per heavy atom. The molecule has 0 aliphatic carbocycles. The smallest absolute Gasteiger partial charge is 0.239 e. The number of nitrogens with one attached hydrogen (secondary N) is 1. The van der Waals surface area contributed by atoms with E-state index in [4.69, 9.17) is 11.6 Å². The highest BCUT2D eigenvalue weighted by Gasteiger charge is 2.16. The van der Waals surface area contributed by atoms with E-state index in [-0.39, 0.29) is 12.8 Å². The second kappa shape index (κ2) is 6.09. The number of hydrogen-bond acceptors (Lipinski definition) is 1. The molecule has 2 aromatic rings. The Morgan fingerprint density at radius 2 is 2.05 bits per heavy atom. The Labute approximate surface area is 133 Å². The summed E-state index contributed by atoms with van der Waals surface area (Å²) in [6, 6.07) is 11.7. The van der Waals surface area contributed by atoms with Crippen molar-refractivity contribution >= 4 is 17.3 Å². The minimum absolute atomic E-state index is 0.170. The number of allylic oxidation sites excluding steroid dienone is 1. The maximum Gasteiger partial charge on any atom is 0.239 e. The summed E-state index contributed by atoms with van der Waals surface area (Å²) >= 11 is 6.43. The van der Waals surface area contributed by atoms with Crippen molar-refractivity contribution in [2.75, 3.05) is 5.32 Å². The Balaban J connectivity index is 1.94. The van der Waals surface area contributed by atoms with Crippen LogP contribution in [-0.4, -0.2) is 6.43 Å². The third-order valence-electron chi connectivity index (χ3n) is 3.84. The van der Waals surface area contributed by atoms with Gasteiger partial charge in [-0.1, -0.05) is 42.4 Å². The predicted octanol–water partition coefficient (Wildman–Crippen LogP) is 5.69. The van der Waals surface area contributed by atoms with Crippen LogP contribution < -0.4 is 5.32 Å². The molecular formula is C18H16ClF2N. The molecule has 0 spiro atoms. The predicted molar refractivity (Wildman–Crippen MR) is 87.7 cm³/mol. The summed E-state index contributed by atoms with van der Waals surface area (Å²) in [5.41, 5.74) is 5.87.